The van der Waals surface area contributed by atoms with Gasteiger partial charge in [-0.25, -0.2) is 4.68 Å². The number of rotatable bonds is 7. The Morgan fingerprint density at radius 1 is 1.47 bits per heavy atom. The van der Waals surface area contributed by atoms with Crippen LogP contribution in [-0.4, -0.2) is 50.7 Å². The van der Waals surface area contributed by atoms with E-state index in [2.05, 4.69) is 10.4 Å². The summed E-state index contributed by atoms with van der Waals surface area (Å²) in [5.74, 6) is 0. The maximum absolute atomic E-state index is 11.7. The summed E-state index contributed by atoms with van der Waals surface area (Å²) in [6.07, 6.45) is 1.69. The van der Waals surface area contributed by atoms with Crippen molar-refractivity contribution in [2.24, 2.45) is 0 Å². The number of hydrogen-bond acceptors (Lipinski definition) is 5. The van der Waals surface area contributed by atoms with E-state index in [-0.39, 0.29) is 5.56 Å². The van der Waals surface area contributed by atoms with Crippen LogP contribution in [0.2, 0.25) is 0 Å². The molecular formula is C11H20N4O2. The quantitative estimate of drug-likeness (QED) is 0.654. The molecule has 0 saturated carbocycles. The Morgan fingerprint density at radius 2 is 2.24 bits per heavy atom. The minimum Gasteiger partial charge on any atom is -0.383 e. The summed E-state index contributed by atoms with van der Waals surface area (Å²) in [5, 5.41) is 7.27. The molecule has 0 bridgehead atoms. The van der Waals surface area contributed by atoms with E-state index in [0.717, 1.165) is 12.2 Å². The highest BCUT2D eigenvalue weighted by atomic mass is 16.5. The zero-order chi connectivity index (χ0) is 12.7. The van der Waals surface area contributed by atoms with Gasteiger partial charge in [-0.3, -0.25) is 4.79 Å². The molecule has 0 aliphatic heterocycles. The van der Waals surface area contributed by atoms with Gasteiger partial charge in [0.2, 0.25) is 0 Å². The second kappa shape index (κ2) is 7.03. The number of aromatic nitrogens is 2. The van der Waals surface area contributed by atoms with Crippen molar-refractivity contribution >= 4 is 5.69 Å². The molecule has 0 saturated heterocycles. The molecule has 96 valence electrons. The van der Waals surface area contributed by atoms with Gasteiger partial charge in [0.05, 0.1) is 25.0 Å². The standard InChI is InChI=1S/C11H20N4O2/c1-14(2)10-8-11(16)15(13-9-10)6-4-12-5-7-17-3/h8-9,12H,4-7H2,1-3H3. The molecule has 0 amide bonds. The smallest absolute Gasteiger partial charge is 0.268 e. The Balaban J connectivity index is 2.47. The van der Waals surface area contributed by atoms with Gasteiger partial charge in [0.25, 0.3) is 5.56 Å². The van der Waals surface area contributed by atoms with Crippen LogP contribution in [0, 0.1) is 0 Å². The third-order valence-electron chi connectivity index (χ3n) is 2.35. The monoisotopic (exact) mass is 240 g/mol. The van der Waals surface area contributed by atoms with Crippen molar-refractivity contribution in [2.75, 3.05) is 45.8 Å². The third-order valence-corrected chi connectivity index (χ3v) is 2.35. The normalized spacial score (nSPS) is 10.5. The lowest BCUT2D eigenvalue weighted by molar-refractivity contribution is 0.199. The molecule has 0 radical (unpaired) electrons. The van der Waals surface area contributed by atoms with Gasteiger partial charge in [-0.05, 0) is 0 Å². The summed E-state index contributed by atoms with van der Waals surface area (Å²) in [5.41, 5.74) is 0.739. The molecule has 0 aromatic carbocycles. The predicted octanol–water partition coefficient (Wildman–Crippen LogP) is -0.455. The van der Waals surface area contributed by atoms with Crippen LogP contribution in [0.3, 0.4) is 0 Å². The minimum atomic E-state index is -0.0789. The number of anilines is 1. The number of nitrogens with one attached hydrogen (secondary N) is 1. The average molecular weight is 240 g/mol. The highest BCUT2D eigenvalue weighted by molar-refractivity contribution is 5.40. The molecule has 6 nitrogen and oxygen atoms in total. The number of ether oxygens (including phenoxy) is 1. The van der Waals surface area contributed by atoms with E-state index >= 15 is 0 Å². The Bertz CT molecular complexity index is 389. The zero-order valence-electron chi connectivity index (χ0n) is 10.6. The van der Waals surface area contributed by atoms with Crippen LogP contribution in [0.1, 0.15) is 0 Å². The molecule has 0 spiro atoms. The summed E-state index contributed by atoms with van der Waals surface area (Å²) in [7, 11) is 5.42. The maximum Gasteiger partial charge on any atom is 0.268 e. The zero-order valence-corrected chi connectivity index (χ0v) is 10.6. The van der Waals surface area contributed by atoms with Crippen LogP contribution >= 0.6 is 0 Å². The molecule has 0 fully saturated rings. The van der Waals surface area contributed by atoms with Crippen molar-refractivity contribution in [3.8, 4) is 0 Å². The average Bonchev–Trinajstić information content (AvgIpc) is 2.30. The van der Waals surface area contributed by atoms with Crippen LogP contribution < -0.4 is 15.8 Å². The fourth-order valence-corrected chi connectivity index (χ4v) is 1.32. The molecule has 17 heavy (non-hydrogen) atoms. The van der Waals surface area contributed by atoms with Crippen LogP contribution in [0.5, 0.6) is 0 Å². The van der Waals surface area contributed by atoms with E-state index in [9.17, 15) is 4.79 Å². The van der Waals surface area contributed by atoms with Crippen molar-refractivity contribution in [3.05, 3.63) is 22.6 Å². The first kappa shape index (κ1) is 13.7. The highest BCUT2D eigenvalue weighted by Crippen LogP contribution is 2.02. The second-order valence-corrected chi connectivity index (χ2v) is 3.91. The fraction of sp³-hybridized carbons (Fsp3) is 0.636. The highest BCUT2D eigenvalue weighted by Gasteiger charge is 2.01. The summed E-state index contributed by atoms with van der Waals surface area (Å²) in [4.78, 5) is 13.5. The largest absolute Gasteiger partial charge is 0.383 e. The van der Waals surface area contributed by atoms with E-state index in [4.69, 9.17) is 4.74 Å². The number of nitrogens with zero attached hydrogens (tertiary/aromatic N) is 3. The van der Waals surface area contributed by atoms with Gasteiger partial charge in [0, 0.05) is 40.4 Å². The Labute approximate surface area is 101 Å². The van der Waals surface area contributed by atoms with Crippen molar-refractivity contribution in [2.45, 2.75) is 6.54 Å². The van der Waals surface area contributed by atoms with E-state index in [1.807, 2.05) is 19.0 Å². The molecule has 0 aliphatic carbocycles. The molecule has 0 unspecified atom stereocenters. The number of hydrogen-bond donors (Lipinski definition) is 1. The Morgan fingerprint density at radius 3 is 2.82 bits per heavy atom. The summed E-state index contributed by atoms with van der Waals surface area (Å²) < 4.78 is 6.36. The van der Waals surface area contributed by atoms with Gasteiger partial charge in [-0.15, -0.1) is 0 Å². The molecular weight excluding hydrogens is 220 g/mol. The summed E-state index contributed by atoms with van der Waals surface area (Å²) in [6.45, 7) is 2.72. The van der Waals surface area contributed by atoms with E-state index in [1.165, 1.54) is 4.68 Å². The second-order valence-electron chi connectivity index (χ2n) is 3.91. The van der Waals surface area contributed by atoms with Crippen LogP contribution in [0.4, 0.5) is 5.69 Å². The third kappa shape index (κ3) is 4.54. The lowest BCUT2D eigenvalue weighted by Gasteiger charge is -2.12. The topological polar surface area (TPSA) is 59.4 Å². The number of methoxy groups -OCH3 is 1. The van der Waals surface area contributed by atoms with E-state index in [1.54, 1.807) is 19.4 Å². The fourth-order valence-electron chi connectivity index (χ4n) is 1.32. The van der Waals surface area contributed by atoms with Gasteiger partial charge in [-0.1, -0.05) is 0 Å². The van der Waals surface area contributed by atoms with Crippen LogP contribution in [-0.2, 0) is 11.3 Å². The van der Waals surface area contributed by atoms with Crippen molar-refractivity contribution in [1.82, 2.24) is 15.1 Å². The molecule has 1 rings (SSSR count). The first-order chi connectivity index (χ1) is 8.15. The Kier molecular flexibility index (Phi) is 5.65. The van der Waals surface area contributed by atoms with Crippen molar-refractivity contribution in [1.29, 1.82) is 0 Å². The van der Waals surface area contributed by atoms with Gasteiger partial charge in [0.15, 0.2) is 0 Å². The lowest BCUT2D eigenvalue weighted by atomic mass is 10.4. The van der Waals surface area contributed by atoms with Gasteiger partial charge in [0.1, 0.15) is 0 Å². The maximum atomic E-state index is 11.7. The van der Waals surface area contributed by atoms with Gasteiger partial charge >= 0.3 is 0 Å². The SMILES string of the molecule is COCCNCCn1ncc(N(C)C)cc1=O. The van der Waals surface area contributed by atoms with Gasteiger partial charge in [-0.2, -0.15) is 5.10 Å². The molecule has 0 aliphatic rings. The summed E-state index contributed by atoms with van der Waals surface area (Å²) >= 11 is 0. The minimum absolute atomic E-state index is 0.0789. The van der Waals surface area contributed by atoms with Gasteiger partial charge < -0.3 is 15.0 Å². The molecule has 1 aromatic rings. The summed E-state index contributed by atoms with van der Waals surface area (Å²) in [6, 6.07) is 1.59. The molecule has 1 aromatic heterocycles. The molecule has 1 heterocycles. The van der Waals surface area contributed by atoms with Crippen molar-refractivity contribution < 1.29 is 4.74 Å². The molecule has 1 N–H and O–H groups in total. The van der Waals surface area contributed by atoms with E-state index in [0.29, 0.717) is 19.7 Å². The first-order valence-corrected chi connectivity index (χ1v) is 5.59. The predicted molar refractivity (Wildman–Crippen MR) is 67.6 cm³/mol. The molecule has 6 heteroatoms. The van der Waals surface area contributed by atoms with Crippen molar-refractivity contribution in [3.63, 3.8) is 0 Å². The Hall–Kier alpha value is -1.40. The van der Waals surface area contributed by atoms with E-state index < -0.39 is 0 Å². The van der Waals surface area contributed by atoms with Crippen LogP contribution in [0.25, 0.3) is 0 Å². The van der Waals surface area contributed by atoms with Crippen LogP contribution in [0.15, 0.2) is 17.1 Å². The molecule has 0 atom stereocenters. The lowest BCUT2D eigenvalue weighted by Crippen LogP contribution is -2.30. The first-order valence-electron chi connectivity index (χ1n) is 5.59.